The number of hydrogen-bond donors (Lipinski definition) is 1. The van der Waals surface area contributed by atoms with Crippen molar-refractivity contribution in [1.82, 2.24) is 0 Å². The lowest BCUT2D eigenvalue weighted by atomic mass is 9.85. The van der Waals surface area contributed by atoms with Crippen LogP contribution >= 0.6 is 22.3 Å². The number of benzene rings is 3. The van der Waals surface area contributed by atoms with E-state index in [1.165, 1.54) is 16.7 Å². The summed E-state index contributed by atoms with van der Waals surface area (Å²) in [5.41, 5.74) is 10.4. The fraction of sp³-hybridized carbons (Fsp3) is 0.100. The maximum absolute atomic E-state index is 6.57. The lowest BCUT2D eigenvalue weighted by Crippen LogP contribution is -2.29. The molecule has 116 valence electrons. The van der Waals surface area contributed by atoms with Gasteiger partial charge in [-0.3, -0.25) is 5.50 Å². The molecule has 1 nitrogen and oxygen atoms in total. The first-order valence-electron chi connectivity index (χ1n) is 7.59. The highest BCUT2D eigenvalue weighted by Gasteiger charge is 2.39. The van der Waals surface area contributed by atoms with Gasteiger partial charge in [0.25, 0.3) is 0 Å². The van der Waals surface area contributed by atoms with Crippen molar-refractivity contribution in [2.75, 3.05) is 0 Å². The Balaban J connectivity index is 2.19. The van der Waals surface area contributed by atoms with Gasteiger partial charge < -0.3 is 0 Å². The molecule has 0 aliphatic carbocycles. The quantitative estimate of drug-likeness (QED) is 0.550. The zero-order valence-electron chi connectivity index (χ0n) is 12.8. The summed E-state index contributed by atoms with van der Waals surface area (Å²) in [5.74, 6) is 0. The zero-order valence-corrected chi connectivity index (χ0v) is 15.3. The van der Waals surface area contributed by atoms with Gasteiger partial charge >= 0.3 is 0 Å². The van der Waals surface area contributed by atoms with Crippen LogP contribution in [0.5, 0.6) is 0 Å². The Morgan fingerprint density at radius 1 is 0.696 bits per heavy atom. The second-order valence-corrected chi connectivity index (χ2v) is 9.24. The second kappa shape index (κ2) is 7.40. The molecule has 0 spiro atoms. The van der Waals surface area contributed by atoms with Crippen LogP contribution in [0.2, 0.25) is 0 Å². The summed E-state index contributed by atoms with van der Waals surface area (Å²) in [6.45, 7) is -0.912. The first-order valence-corrected chi connectivity index (χ1v) is 11.0. The van der Waals surface area contributed by atoms with Crippen molar-refractivity contribution in [2.24, 2.45) is 5.50 Å². The monoisotopic (exact) mass is 383 g/mol. The van der Waals surface area contributed by atoms with Crippen LogP contribution in [-0.2, 0) is 11.6 Å². The molecule has 3 heteroatoms. The Morgan fingerprint density at radius 2 is 1.09 bits per heavy atom. The van der Waals surface area contributed by atoms with Crippen molar-refractivity contribution in [3.05, 3.63) is 108 Å². The largest absolute Gasteiger partial charge is 0.300 e. The molecule has 3 aromatic rings. The summed E-state index contributed by atoms with van der Waals surface area (Å²) >= 11 is 3.77. The van der Waals surface area contributed by atoms with Gasteiger partial charge in [-0.05, 0) is 38.6 Å². The highest BCUT2D eigenvalue weighted by Crippen LogP contribution is 2.61. The molecule has 2 N–H and O–H groups in total. The molecular weight excluding hydrogens is 365 g/mol. The topological polar surface area (TPSA) is 26.0 Å². The predicted molar refractivity (Wildman–Crippen MR) is 104 cm³/mol. The summed E-state index contributed by atoms with van der Waals surface area (Å²) in [6, 6.07) is 31.7. The van der Waals surface area contributed by atoms with E-state index in [1.54, 1.807) is 0 Å². The van der Waals surface area contributed by atoms with Gasteiger partial charge in [-0.25, -0.2) is 0 Å². The van der Waals surface area contributed by atoms with E-state index in [1.807, 2.05) is 0 Å². The number of nitrogens with two attached hydrogens (primary N) is 1. The van der Waals surface area contributed by atoms with Crippen molar-refractivity contribution in [2.45, 2.75) is 11.6 Å². The molecule has 1 atom stereocenters. The minimum atomic E-state index is -0.912. The first-order chi connectivity index (χ1) is 11.2. The van der Waals surface area contributed by atoms with Crippen LogP contribution in [-0.4, -0.2) is 0 Å². The minimum absolute atomic E-state index is 0.251. The van der Waals surface area contributed by atoms with E-state index in [9.17, 15) is 0 Å². The Morgan fingerprint density at radius 3 is 1.48 bits per heavy atom. The highest BCUT2D eigenvalue weighted by atomic mass is 79.9. The third kappa shape index (κ3) is 3.40. The Bertz CT molecular complexity index is 690. The van der Waals surface area contributed by atoms with E-state index in [0.717, 1.165) is 6.42 Å². The highest BCUT2D eigenvalue weighted by molar-refractivity contribution is 9.39. The van der Waals surface area contributed by atoms with Gasteiger partial charge in [0.1, 0.15) is 0 Å². The Kier molecular flexibility index (Phi) is 5.27. The standard InChI is InChI=1S/C20H19BrNP/c21-23(22)20(18-12-6-2-7-13-18,19-14-8-3-9-15-19)16-17-10-4-1-5-11-17/h1-15H,16,22H2. The normalized spacial score (nSPS) is 12.8. The summed E-state index contributed by atoms with van der Waals surface area (Å²) < 4.78 is 0. The lowest BCUT2D eigenvalue weighted by molar-refractivity contribution is 0.725. The summed E-state index contributed by atoms with van der Waals surface area (Å²) in [4.78, 5) is 0. The molecule has 0 saturated heterocycles. The van der Waals surface area contributed by atoms with Gasteiger partial charge in [-0.2, -0.15) is 0 Å². The number of hydrogen-bond acceptors (Lipinski definition) is 1. The SMILES string of the molecule is NP(Br)C(Cc1ccccc1)(c1ccccc1)c1ccccc1. The predicted octanol–water partition coefficient (Wildman–Crippen LogP) is 5.84. The zero-order chi connectivity index (χ0) is 16.1. The van der Waals surface area contributed by atoms with Crippen molar-refractivity contribution < 1.29 is 0 Å². The minimum Gasteiger partial charge on any atom is -0.300 e. The molecule has 0 saturated carbocycles. The van der Waals surface area contributed by atoms with Gasteiger partial charge in [0, 0.05) is 6.77 Å². The van der Waals surface area contributed by atoms with E-state index in [0.29, 0.717) is 0 Å². The maximum Gasteiger partial charge on any atom is 0.0670 e. The second-order valence-electron chi connectivity index (χ2n) is 5.57. The molecule has 0 heterocycles. The van der Waals surface area contributed by atoms with Crippen molar-refractivity contribution >= 4 is 22.3 Å². The van der Waals surface area contributed by atoms with Crippen LogP contribution in [0.4, 0.5) is 0 Å². The fourth-order valence-corrected chi connectivity index (χ4v) is 5.74. The van der Waals surface area contributed by atoms with Crippen LogP contribution in [0, 0.1) is 0 Å². The van der Waals surface area contributed by atoms with Gasteiger partial charge in [0.15, 0.2) is 0 Å². The van der Waals surface area contributed by atoms with Gasteiger partial charge in [0.05, 0.1) is 5.16 Å². The molecule has 0 aliphatic heterocycles. The molecular formula is C20H19BrNP. The van der Waals surface area contributed by atoms with E-state index in [4.69, 9.17) is 5.50 Å². The molecule has 23 heavy (non-hydrogen) atoms. The fourth-order valence-electron chi connectivity index (χ4n) is 3.01. The molecule has 3 aromatic carbocycles. The van der Waals surface area contributed by atoms with E-state index < -0.39 is 6.77 Å². The smallest absolute Gasteiger partial charge is 0.0670 e. The van der Waals surface area contributed by atoms with Crippen LogP contribution in [0.1, 0.15) is 16.7 Å². The molecule has 0 amide bonds. The first kappa shape index (κ1) is 16.4. The summed E-state index contributed by atoms with van der Waals surface area (Å²) in [7, 11) is 0. The Hall–Kier alpha value is -1.47. The molecule has 0 fully saturated rings. The molecule has 3 rings (SSSR count). The maximum atomic E-state index is 6.57. The van der Waals surface area contributed by atoms with E-state index >= 15 is 0 Å². The molecule has 0 aromatic heterocycles. The van der Waals surface area contributed by atoms with Crippen molar-refractivity contribution in [1.29, 1.82) is 0 Å². The van der Waals surface area contributed by atoms with Crippen molar-refractivity contribution in [3.63, 3.8) is 0 Å². The van der Waals surface area contributed by atoms with E-state index in [-0.39, 0.29) is 5.16 Å². The van der Waals surface area contributed by atoms with Crippen molar-refractivity contribution in [3.8, 4) is 0 Å². The molecule has 0 radical (unpaired) electrons. The molecule has 0 bridgehead atoms. The number of halogens is 1. The van der Waals surface area contributed by atoms with Crippen LogP contribution in [0.15, 0.2) is 91.0 Å². The summed E-state index contributed by atoms with van der Waals surface area (Å²) in [5, 5.41) is -0.251. The average Bonchev–Trinajstić information content (AvgIpc) is 2.62. The average molecular weight is 384 g/mol. The molecule has 0 aliphatic rings. The van der Waals surface area contributed by atoms with Gasteiger partial charge in [-0.15, -0.1) is 0 Å². The lowest BCUT2D eigenvalue weighted by Gasteiger charge is -2.37. The molecule has 1 unspecified atom stereocenters. The van der Waals surface area contributed by atoms with Gasteiger partial charge in [0.2, 0.25) is 0 Å². The van der Waals surface area contributed by atoms with Crippen LogP contribution < -0.4 is 5.50 Å². The third-order valence-corrected chi connectivity index (χ3v) is 7.39. The van der Waals surface area contributed by atoms with Crippen LogP contribution in [0.25, 0.3) is 0 Å². The third-order valence-electron chi connectivity index (χ3n) is 4.17. The number of rotatable bonds is 5. The van der Waals surface area contributed by atoms with Gasteiger partial charge in [-0.1, -0.05) is 91.0 Å². The van der Waals surface area contributed by atoms with E-state index in [2.05, 4.69) is 106 Å². The Labute approximate surface area is 147 Å². The summed E-state index contributed by atoms with van der Waals surface area (Å²) in [6.07, 6.45) is 0.870. The van der Waals surface area contributed by atoms with Crippen LogP contribution in [0.3, 0.4) is 0 Å².